The lowest BCUT2D eigenvalue weighted by Crippen LogP contribution is -2.37. The van der Waals surface area contributed by atoms with Gasteiger partial charge in [0.1, 0.15) is 0 Å². The Labute approximate surface area is 112 Å². The van der Waals surface area contributed by atoms with Crippen LogP contribution >= 0.6 is 11.6 Å². The van der Waals surface area contributed by atoms with Crippen molar-refractivity contribution >= 4 is 17.5 Å². The zero-order valence-electron chi connectivity index (χ0n) is 10.1. The second kappa shape index (κ2) is 6.73. The van der Waals surface area contributed by atoms with Crippen LogP contribution in [0.3, 0.4) is 0 Å². The van der Waals surface area contributed by atoms with Crippen LogP contribution in [0.4, 0.5) is 0 Å². The maximum Gasteiger partial charge on any atom is 0.247 e. The first kappa shape index (κ1) is 13.3. The Morgan fingerprint density at radius 1 is 1.33 bits per heavy atom. The molecule has 1 fully saturated rings. The van der Waals surface area contributed by atoms with Crippen molar-refractivity contribution in [1.29, 1.82) is 0 Å². The van der Waals surface area contributed by atoms with Crippen molar-refractivity contribution in [2.24, 2.45) is 0 Å². The molecule has 0 aliphatic carbocycles. The van der Waals surface area contributed by atoms with Crippen LogP contribution in [0.5, 0.6) is 0 Å². The van der Waals surface area contributed by atoms with Crippen LogP contribution in [0.1, 0.15) is 18.4 Å². The first-order valence-corrected chi connectivity index (χ1v) is 6.51. The second-order valence-electron chi connectivity index (χ2n) is 4.40. The number of hydrogen-bond donors (Lipinski definition) is 2. The number of hydroxylamine groups is 1. The molecule has 0 aromatic heterocycles. The zero-order chi connectivity index (χ0) is 12.8. The van der Waals surface area contributed by atoms with Crippen molar-refractivity contribution < 1.29 is 9.63 Å². The first-order valence-electron chi connectivity index (χ1n) is 6.14. The summed E-state index contributed by atoms with van der Waals surface area (Å²) in [4.78, 5) is 17.0. The van der Waals surface area contributed by atoms with Gasteiger partial charge in [-0.25, -0.2) is 5.48 Å². The van der Waals surface area contributed by atoms with Gasteiger partial charge in [-0.05, 0) is 43.6 Å². The van der Waals surface area contributed by atoms with Gasteiger partial charge in [-0.3, -0.25) is 9.63 Å². The fourth-order valence-electron chi connectivity index (χ4n) is 1.89. The Hall–Kier alpha value is -1.10. The first-order chi connectivity index (χ1) is 8.74. The van der Waals surface area contributed by atoms with Gasteiger partial charge in [0.05, 0.1) is 12.5 Å². The summed E-state index contributed by atoms with van der Waals surface area (Å²) in [6, 6.07) is 7.23. The Kier molecular flexibility index (Phi) is 4.99. The molecule has 2 N–H and O–H groups in total. The van der Waals surface area contributed by atoms with E-state index in [0.29, 0.717) is 11.4 Å². The van der Waals surface area contributed by atoms with E-state index in [1.54, 1.807) is 12.1 Å². The molecule has 1 aliphatic rings. The van der Waals surface area contributed by atoms with Gasteiger partial charge in [0.25, 0.3) is 0 Å². The van der Waals surface area contributed by atoms with E-state index in [4.69, 9.17) is 16.4 Å². The molecular formula is C13H17ClN2O2. The highest BCUT2D eigenvalue weighted by molar-refractivity contribution is 6.30. The van der Waals surface area contributed by atoms with Crippen molar-refractivity contribution in [2.45, 2.75) is 25.4 Å². The van der Waals surface area contributed by atoms with Crippen LogP contribution in [0, 0.1) is 0 Å². The molecule has 0 atom stereocenters. The predicted molar refractivity (Wildman–Crippen MR) is 70.3 cm³/mol. The fraction of sp³-hybridized carbons (Fsp3) is 0.462. The van der Waals surface area contributed by atoms with Crippen molar-refractivity contribution in [3.05, 3.63) is 34.9 Å². The average Bonchev–Trinajstić information content (AvgIpc) is 2.40. The highest BCUT2D eigenvalue weighted by Gasteiger charge is 2.14. The lowest BCUT2D eigenvalue weighted by molar-refractivity contribution is -0.139. The number of nitrogens with one attached hydrogen (secondary N) is 2. The summed E-state index contributed by atoms with van der Waals surface area (Å²) in [6.07, 6.45) is 2.30. The van der Waals surface area contributed by atoms with Gasteiger partial charge in [-0.1, -0.05) is 23.7 Å². The molecule has 98 valence electrons. The number of hydrogen-bond acceptors (Lipinski definition) is 3. The van der Waals surface area contributed by atoms with Gasteiger partial charge in [0.2, 0.25) is 5.91 Å². The van der Waals surface area contributed by atoms with E-state index in [-0.39, 0.29) is 12.0 Å². The molecule has 2 rings (SSSR count). The Bertz CT molecular complexity index is 388. The summed E-state index contributed by atoms with van der Waals surface area (Å²) in [5.74, 6) is -0.129. The molecule has 1 amide bonds. The highest BCUT2D eigenvalue weighted by atomic mass is 35.5. The molecule has 5 heteroatoms. The minimum absolute atomic E-state index is 0.125. The van der Waals surface area contributed by atoms with Crippen molar-refractivity contribution in [1.82, 2.24) is 10.8 Å². The van der Waals surface area contributed by atoms with E-state index in [9.17, 15) is 4.79 Å². The summed E-state index contributed by atoms with van der Waals surface area (Å²) in [6.45, 7) is 1.88. The van der Waals surface area contributed by atoms with Gasteiger partial charge in [0, 0.05) is 5.02 Å². The molecule has 4 nitrogen and oxygen atoms in total. The lowest BCUT2D eigenvalue weighted by Gasteiger charge is -2.22. The quantitative estimate of drug-likeness (QED) is 0.817. The predicted octanol–water partition coefficient (Wildman–Crippen LogP) is 1.68. The lowest BCUT2D eigenvalue weighted by atomic mass is 10.1. The number of piperidine rings is 1. The van der Waals surface area contributed by atoms with Gasteiger partial charge >= 0.3 is 0 Å². The van der Waals surface area contributed by atoms with Crippen molar-refractivity contribution in [2.75, 3.05) is 13.1 Å². The maximum absolute atomic E-state index is 11.7. The van der Waals surface area contributed by atoms with Crippen molar-refractivity contribution in [3.8, 4) is 0 Å². The van der Waals surface area contributed by atoms with Gasteiger partial charge < -0.3 is 5.32 Å². The van der Waals surface area contributed by atoms with Crippen LogP contribution < -0.4 is 10.8 Å². The fourth-order valence-corrected chi connectivity index (χ4v) is 2.01. The van der Waals surface area contributed by atoms with E-state index in [1.807, 2.05) is 12.1 Å². The number of benzene rings is 1. The molecule has 18 heavy (non-hydrogen) atoms. The van der Waals surface area contributed by atoms with E-state index < -0.39 is 0 Å². The third-order valence-corrected chi connectivity index (χ3v) is 3.16. The zero-order valence-corrected chi connectivity index (χ0v) is 10.9. The number of amides is 1. The van der Waals surface area contributed by atoms with Crippen LogP contribution in [0.15, 0.2) is 24.3 Å². The van der Waals surface area contributed by atoms with Crippen molar-refractivity contribution in [3.63, 3.8) is 0 Å². The standard InChI is InChI=1S/C13H17ClN2O2/c14-11-3-1-10(2-4-11)9-13(17)16-18-12-5-7-15-8-6-12/h1-4,12,15H,5-9H2,(H,16,17). The molecule has 0 radical (unpaired) electrons. The Morgan fingerprint density at radius 3 is 2.67 bits per heavy atom. The van der Waals surface area contributed by atoms with Crippen LogP contribution in [-0.4, -0.2) is 25.1 Å². The van der Waals surface area contributed by atoms with Crippen LogP contribution in [0.25, 0.3) is 0 Å². The Morgan fingerprint density at radius 2 is 2.00 bits per heavy atom. The normalized spacial score (nSPS) is 16.5. The number of carbonyl (C=O) groups excluding carboxylic acids is 1. The third kappa shape index (κ3) is 4.29. The molecule has 0 bridgehead atoms. The van der Waals surface area contributed by atoms with Crippen LogP contribution in [0.2, 0.25) is 5.02 Å². The Balaban J connectivity index is 1.73. The summed E-state index contributed by atoms with van der Waals surface area (Å²) < 4.78 is 0. The molecule has 1 aliphatic heterocycles. The minimum Gasteiger partial charge on any atom is -0.317 e. The molecule has 1 aromatic carbocycles. The minimum atomic E-state index is -0.129. The second-order valence-corrected chi connectivity index (χ2v) is 4.83. The van der Waals surface area contributed by atoms with Gasteiger partial charge in [0.15, 0.2) is 0 Å². The summed E-state index contributed by atoms with van der Waals surface area (Å²) in [7, 11) is 0. The summed E-state index contributed by atoms with van der Waals surface area (Å²) in [5, 5.41) is 3.91. The SMILES string of the molecule is O=C(Cc1ccc(Cl)cc1)NOC1CCNCC1. The molecule has 1 heterocycles. The molecular weight excluding hydrogens is 252 g/mol. The van der Waals surface area contributed by atoms with E-state index >= 15 is 0 Å². The largest absolute Gasteiger partial charge is 0.317 e. The topological polar surface area (TPSA) is 50.4 Å². The smallest absolute Gasteiger partial charge is 0.247 e. The summed E-state index contributed by atoms with van der Waals surface area (Å²) in [5.41, 5.74) is 3.44. The monoisotopic (exact) mass is 268 g/mol. The molecule has 1 saturated heterocycles. The maximum atomic E-state index is 11.7. The van der Waals surface area contributed by atoms with Gasteiger partial charge in [-0.2, -0.15) is 0 Å². The average molecular weight is 269 g/mol. The van der Waals surface area contributed by atoms with E-state index in [2.05, 4.69) is 10.8 Å². The van der Waals surface area contributed by atoms with Gasteiger partial charge in [-0.15, -0.1) is 0 Å². The molecule has 0 saturated carbocycles. The number of carbonyl (C=O) groups is 1. The van der Waals surface area contributed by atoms with E-state index in [0.717, 1.165) is 31.5 Å². The number of rotatable bonds is 4. The number of halogens is 1. The highest BCUT2D eigenvalue weighted by Crippen LogP contribution is 2.10. The molecule has 0 spiro atoms. The molecule has 1 aromatic rings. The third-order valence-electron chi connectivity index (χ3n) is 2.90. The van der Waals surface area contributed by atoms with E-state index in [1.165, 1.54) is 0 Å². The van der Waals surface area contributed by atoms with Crippen LogP contribution in [-0.2, 0) is 16.1 Å². The summed E-state index contributed by atoms with van der Waals surface area (Å²) >= 11 is 5.78. The molecule has 0 unspecified atom stereocenters.